The number of benzene rings is 3. The number of carbonyl (C=O) groups is 1. The first-order valence-corrected chi connectivity index (χ1v) is 8.93. The van der Waals surface area contributed by atoms with Crippen molar-refractivity contribution >= 4 is 34.7 Å². The van der Waals surface area contributed by atoms with Gasteiger partial charge in [-0.3, -0.25) is 0 Å². The van der Waals surface area contributed by atoms with Gasteiger partial charge < -0.3 is 15.4 Å². The van der Waals surface area contributed by atoms with Gasteiger partial charge in [-0.25, -0.2) is 14.0 Å². The minimum absolute atomic E-state index is 0.132. The number of amides is 2. The van der Waals surface area contributed by atoms with E-state index in [4.69, 9.17) is 22.9 Å². The molecule has 3 aromatic carbocycles. The molecule has 10 heteroatoms. The minimum atomic E-state index is -4.68. The zero-order valence-electron chi connectivity index (χ0n) is 15.4. The van der Waals surface area contributed by atoms with Gasteiger partial charge in [0.05, 0.1) is 17.2 Å². The molecule has 0 spiro atoms. The quantitative estimate of drug-likeness (QED) is 0.320. The average molecular weight is 450 g/mol. The molecular weight excluding hydrogens is 438 g/mol. The van der Waals surface area contributed by atoms with E-state index in [2.05, 4.69) is 15.5 Å². The van der Waals surface area contributed by atoms with Crippen LogP contribution in [0.5, 0.6) is 11.5 Å². The SMILES string of the molecule is [C-]#[N+]c1ccc(Oc2cc(NC(=O)Nc3ccc(Cl)c(C(F)(F)F)c3)ccc2F)cc1. The van der Waals surface area contributed by atoms with E-state index in [9.17, 15) is 22.4 Å². The van der Waals surface area contributed by atoms with E-state index < -0.39 is 28.6 Å². The molecule has 0 aromatic heterocycles. The Morgan fingerprint density at radius 1 is 0.968 bits per heavy atom. The number of hydrogen-bond donors (Lipinski definition) is 2. The molecule has 0 saturated heterocycles. The third-order valence-electron chi connectivity index (χ3n) is 3.91. The van der Waals surface area contributed by atoms with Crippen LogP contribution in [0.25, 0.3) is 4.85 Å². The number of hydrogen-bond acceptors (Lipinski definition) is 2. The highest BCUT2D eigenvalue weighted by atomic mass is 35.5. The van der Waals surface area contributed by atoms with E-state index in [1.807, 2.05) is 0 Å². The van der Waals surface area contributed by atoms with Gasteiger partial charge in [-0.2, -0.15) is 13.2 Å². The van der Waals surface area contributed by atoms with Gasteiger partial charge in [0, 0.05) is 17.4 Å². The topological polar surface area (TPSA) is 54.7 Å². The molecule has 0 aliphatic rings. The van der Waals surface area contributed by atoms with Crippen LogP contribution in [0.15, 0.2) is 60.7 Å². The van der Waals surface area contributed by atoms with Gasteiger partial charge in [0.15, 0.2) is 17.3 Å². The molecule has 0 unspecified atom stereocenters. The van der Waals surface area contributed by atoms with Crippen molar-refractivity contribution in [3.8, 4) is 11.5 Å². The van der Waals surface area contributed by atoms with Crippen LogP contribution < -0.4 is 15.4 Å². The van der Waals surface area contributed by atoms with Crippen molar-refractivity contribution < 1.29 is 27.1 Å². The maximum Gasteiger partial charge on any atom is 0.417 e. The normalized spacial score (nSPS) is 10.8. The van der Waals surface area contributed by atoms with Crippen LogP contribution >= 0.6 is 11.6 Å². The van der Waals surface area contributed by atoms with E-state index >= 15 is 0 Å². The highest BCUT2D eigenvalue weighted by Gasteiger charge is 2.33. The Morgan fingerprint density at radius 2 is 1.58 bits per heavy atom. The molecule has 0 aliphatic carbocycles. The van der Waals surface area contributed by atoms with Gasteiger partial charge in [-0.1, -0.05) is 23.7 Å². The van der Waals surface area contributed by atoms with Gasteiger partial charge in [0.25, 0.3) is 0 Å². The second-order valence-corrected chi connectivity index (χ2v) is 6.53. The smallest absolute Gasteiger partial charge is 0.417 e. The van der Waals surface area contributed by atoms with E-state index in [-0.39, 0.29) is 22.9 Å². The summed E-state index contributed by atoms with van der Waals surface area (Å²) in [4.78, 5) is 15.4. The summed E-state index contributed by atoms with van der Waals surface area (Å²) in [5, 5.41) is 4.14. The van der Waals surface area contributed by atoms with E-state index in [0.29, 0.717) is 11.8 Å². The number of nitrogens with zero attached hydrogens (tertiary/aromatic N) is 1. The first kappa shape index (κ1) is 21.9. The summed E-state index contributed by atoms with van der Waals surface area (Å²) in [6.07, 6.45) is -4.68. The van der Waals surface area contributed by atoms with Crippen molar-refractivity contribution in [1.82, 2.24) is 0 Å². The van der Waals surface area contributed by atoms with Crippen LogP contribution in [0.3, 0.4) is 0 Å². The number of alkyl halides is 3. The molecule has 0 aliphatic heterocycles. The van der Waals surface area contributed by atoms with Gasteiger partial charge >= 0.3 is 12.2 Å². The maximum absolute atomic E-state index is 14.1. The van der Waals surface area contributed by atoms with Crippen LogP contribution in [-0.2, 0) is 6.18 Å². The van der Waals surface area contributed by atoms with E-state index in [1.54, 1.807) is 0 Å². The maximum atomic E-state index is 14.1. The molecule has 31 heavy (non-hydrogen) atoms. The fourth-order valence-corrected chi connectivity index (χ4v) is 2.71. The Hall–Kier alpha value is -3.77. The lowest BCUT2D eigenvalue weighted by molar-refractivity contribution is -0.137. The summed E-state index contributed by atoms with van der Waals surface area (Å²) in [5.74, 6) is -0.624. The Balaban J connectivity index is 1.72. The number of halogens is 5. The van der Waals surface area contributed by atoms with Crippen molar-refractivity contribution in [2.75, 3.05) is 10.6 Å². The van der Waals surface area contributed by atoms with Crippen molar-refractivity contribution in [2.24, 2.45) is 0 Å². The molecule has 5 nitrogen and oxygen atoms in total. The van der Waals surface area contributed by atoms with E-state index in [1.165, 1.54) is 42.5 Å². The van der Waals surface area contributed by atoms with Gasteiger partial charge in [-0.15, -0.1) is 0 Å². The number of anilines is 2. The lowest BCUT2D eigenvalue weighted by Crippen LogP contribution is -2.20. The molecule has 0 atom stereocenters. The summed E-state index contributed by atoms with van der Waals surface area (Å²) in [7, 11) is 0. The minimum Gasteiger partial charge on any atom is -0.454 e. The zero-order chi connectivity index (χ0) is 22.6. The van der Waals surface area contributed by atoms with Crippen molar-refractivity contribution in [3.63, 3.8) is 0 Å². The molecule has 158 valence electrons. The largest absolute Gasteiger partial charge is 0.454 e. The highest BCUT2D eigenvalue weighted by molar-refractivity contribution is 6.31. The predicted molar refractivity (Wildman–Crippen MR) is 108 cm³/mol. The number of ether oxygens (including phenoxy) is 1. The van der Waals surface area contributed by atoms with Crippen LogP contribution in [0.4, 0.5) is 39.4 Å². The second kappa shape index (κ2) is 8.93. The van der Waals surface area contributed by atoms with Crippen LogP contribution in [-0.4, -0.2) is 6.03 Å². The number of nitrogens with one attached hydrogen (secondary N) is 2. The fourth-order valence-electron chi connectivity index (χ4n) is 2.49. The number of urea groups is 1. The molecule has 3 rings (SSSR count). The summed E-state index contributed by atoms with van der Waals surface area (Å²) >= 11 is 5.55. The standard InChI is InChI=1S/C21H12ClF4N3O2/c1-27-12-2-6-15(7-3-12)31-19-11-14(5-9-18(19)23)29-20(30)28-13-4-8-17(22)16(10-13)21(24,25)26/h2-11H,(H2,28,29,30). The molecule has 2 amide bonds. The molecule has 0 bridgehead atoms. The van der Waals surface area contributed by atoms with Crippen molar-refractivity contribution in [1.29, 1.82) is 0 Å². The third-order valence-corrected chi connectivity index (χ3v) is 4.24. The molecule has 0 fully saturated rings. The van der Waals surface area contributed by atoms with Gasteiger partial charge in [0.2, 0.25) is 0 Å². The fraction of sp³-hybridized carbons (Fsp3) is 0.0476. The van der Waals surface area contributed by atoms with Gasteiger partial charge in [-0.05, 0) is 42.5 Å². The van der Waals surface area contributed by atoms with Crippen LogP contribution in [0, 0.1) is 12.4 Å². The summed E-state index contributed by atoms with van der Waals surface area (Å²) in [6, 6.07) is 11.6. The van der Waals surface area contributed by atoms with Gasteiger partial charge in [0.1, 0.15) is 5.75 Å². The highest BCUT2D eigenvalue weighted by Crippen LogP contribution is 2.36. The van der Waals surface area contributed by atoms with Crippen LogP contribution in [0.2, 0.25) is 5.02 Å². The second-order valence-electron chi connectivity index (χ2n) is 6.12. The number of rotatable bonds is 4. The molecule has 2 N–H and O–H groups in total. The Kier molecular flexibility index (Phi) is 6.32. The summed E-state index contributed by atoms with van der Waals surface area (Å²) in [5.41, 5.74) is -0.700. The molecule has 0 radical (unpaired) electrons. The van der Waals surface area contributed by atoms with Crippen LogP contribution in [0.1, 0.15) is 5.56 Å². The Labute approximate surface area is 179 Å². The zero-order valence-corrected chi connectivity index (χ0v) is 16.2. The molecule has 0 saturated carbocycles. The lowest BCUT2D eigenvalue weighted by Gasteiger charge is -2.13. The molecular formula is C21H12ClF4N3O2. The Morgan fingerprint density at radius 3 is 2.19 bits per heavy atom. The first-order chi connectivity index (χ1) is 14.7. The Bertz CT molecular complexity index is 1160. The average Bonchev–Trinajstić information content (AvgIpc) is 2.71. The molecule has 3 aromatic rings. The first-order valence-electron chi connectivity index (χ1n) is 8.55. The summed E-state index contributed by atoms with van der Waals surface area (Å²) < 4.78 is 58.3. The van der Waals surface area contributed by atoms with E-state index in [0.717, 1.165) is 12.1 Å². The monoisotopic (exact) mass is 449 g/mol. The third kappa shape index (κ3) is 5.65. The van der Waals surface area contributed by atoms with Crippen molar-refractivity contribution in [3.05, 3.63) is 88.5 Å². The lowest BCUT2D eigenvalue weighted by atomic mass is 10.2. The van der Waals surface area contributed by atoms with Crippen molar-refractivity contribution in [2.45, 2.75) is 6.18 Å². The number of carbonyl (C=O) groups excluding carboxylic acids is 1. The summed E-state index contributed by atoms with van der Waals surface area (Å²) in [6.45, 7) is 6.91. The predicted octanol–water partition coefficient (Wildman–Crippen LogP) is 7.48. The molecule has 0 heterocycles.